The lowest BCUT2D eigenvalue weighted by molar-refractivity contribution is 0.567. The molecule has 0 aliphatic rings. The van der Waals surface area contributed by atoms with E-state index >= 15 is 0 Å². The van der Waals surface area contributed by atoms with Gasteiger partial charge in [-0.2, -0.15) is 0 Å². The Bertz CT molecular complexity index is 538. The predicted molar refractivity (Wildman–Crippen MR) is 64.3 cm³/mol. The van der Waals surface area contributed by atoms with Crippen molar-refractivity contribution in [1.29, 1.82) is 0 Å². The van der Waals surface area contributed by atoms with Crippen LogP contribution in [0.2, 0.25) is 5.02 Å². The summed E-state index contributed by atoms with van der Waals surface area (Å²) in [4.78, 5) is 0. The number of nitrogen functional groups attached to an aromatic ring is 1. The summed E-state index contributed by atoms with van der Waals surface area (Å²) in [5, 5.41) is 7.76. The molecule has 2 N–H and O–H groups in total. The van der Waals surface area contributed by atoms with Crippen molar-refractivity contribution in [2.45, 2.75) is 19.9 Å². The average Bonchev–Trinajstić information content (AvgIpc) is 2.66. The molecule has 0 bridgehead atoms. The highest BCUT2D eigenvalue weighted by atomic mass is 35.5. The first-order valence-corrected chi connectivity index (χ1v) is 5.62. The second-order valence-electron chi connectivity index (χ2n) is 3.65. The van der Waals surface area contributed by atoms with E-state index in [-0.39, 0.29) is 11.6 Å². The topological polar surface area (TPSA) is 56.7 Å². The molecule has 0 saturated heterocycles. The Hall–Kier alpha value is -1.62. The normalized spacial score (nSPS) is 10.8. The van der Waals surface area contributed by atoms with Gasteiger partial charge in [0, 0.05) is 5.56 Å². The van der Waals surface area contributed by atoms with Gasteiger partial charge in [-0.15, -0.1) is 5.10 Å². The van der Waals surface area contributed by atoms with Crippen LogP contribution in [0, 0.1) is 5.82 Å². The van der Waals surface area contributed by atoms with Gasteiger partial charge in [-0.05, 0) is 12.5 Å². The van der Waals surface area contributed by atoms with Crippen LogP contribution >= 0.6 is 11.6 Å². The Balaban J connectivity index is 2.35. The number of hydrogen-bond acceptors (Lipinski definition) is 3. The number of benzene rings is 1. The molecule has 0 aliphatic carbocycles. The third-order valence-corrected chi connectivity index (χ3v) is 2.85. The molecular weight excluding hydrogens is 243 g/mol. The number of rotatable bonds is 3. The van der Waals surface area contributed by atoms with E-state index in [2.05, 4.69) is 10.3 Å². The number of nitrogens with two attached hydrogens (primary N) is 1. The van der Waals surface area contributed by atoms with Crippen molar-refractivity contribution in [3.8, 4) is 0 Å². The zero-order valence-corrected chi connectivity index (χ0v) is 10.1. The highest BCUT2D eigenvalue weighted by Gasteiger charge is 2.12. The van der Waals surface area contributed by atoms with Crippen molar-refractivity contribution in [3.63, 3.8) is 0 Å². The molecule has 0 radical (unpaired) electrons. The first-order valence-electron chi connectivity index (χ1n) is 5.24. The van der Waals surface area contributed by atoms with Crippen LogP contribution in [0.5, 0.6) is 0 Å². The molecule has 17 heavy (non-hydrogen) atoms. The summed E-state index contributed by atoms with van der Waals surface area (Å²) in [5.41, 5.74) is 6.92. The molecule has 0 saturated carbocycles. The fraction of sp³-hybridized carbons (Fsp3) is 0.273. The van der Waals surface area contributed by atoms with Gasteiger partial charge in [0.25, 0.3) is 0 Å². The summed E-state index contributed by atoms with van der Waals surface area (Å²) in [5.74, 6) is -0.0415. The number of halogens is 2. The molecule has 0 atom stereocenters. The molecule has 0 fully saturated rings. The number of aromatic nitrogens is 3. The average molecular weight is 255 g/mol. The fourth-order valence-corrected chi connectivity index (χ4v) is 1.86. The second kappa shape index (κ2) is 4.71. The highest BCUT2D eigenvalue weighted by Crippen LogP contribution is 2.19. The van der Waals surface area contributed by atoms with Gasteiger partial charge < -0.3 is 5.73 Å². The van der Waals surface area contributed by atoms with Crippen LogP contribution in [0.15, 0.2) is 18.2 Å². The van der Waals surface area contributed by atoms with Crippen molar-refractivity contribution < 1.29 is 4.39 Å². The van der Waals surface area contributed by atoms with Crippen molar-refractivity contribution in [2.75, 3.05) is 5.73 Å². The minimum Gasteiger partial charge on any atom is -0.381 e. The molecule has 4 nitrogen and oxygen atoms in total. The molecule has 1 heterocycles. The zero-order valence-electron chi connectivity index (χ0n) is 9.32. The quantitative estimate of drug-likeness (QED) is 0.914. The summed E-state index contributed by atoms with van der Waals surface area (Å²) in [6, 6.07) is 4.88. The van der Waals surface area contributed by atoms with Gasteiger partial charge >= 0.3 is 0 Å². The van der Waals surface area contributed by atoms with Crippen LogP contribution in [-0.4, -0.2) is 15.0 Å². The summed E-state index contributed by atoms with van der Waals surface area (Å²) in [6.07, 6.45) is 0.695. The highest BCUT2D eigenvalue weighted by molar-refractivity contribution is 6.30. The van der Waals surface area contributed by atoms with E-state index < -0.39 is 5.82 Å². The molecule has 2 aromatic rings. The Morgan fingerprint density at radius 3 is 2.94 bits per heavy atom. The summed E-state index contributed by atoms with van der Waals surface area (Å²) in [6.45, 7) is 2.22. The minimum atomic E-state index is -0.426. The molecule has 1 aromatic heterocycles. The maximum absolute atomic E-state index is 13.7. The Morgan fingerprint density at radius 2 is 2.24 bits per heavy atom. The van der Waals surface area contributed by atoms with E-state index in [1.165, 1.54) is 6.07 Å². The largest absolute Gasteiger partial charge is 0.381 e. The smallest absolute Gasteiger partial charge is 0.169 e. The van der Waals surface area contributed by atoms with Gasteiger partial charge in [-0.1, -0.05) is 35.9 Å². The predicted octanol–water partition coefficient (Wildman–Crippen LogP) is 2.26. The van der Waals surface area contributed by atoms with E-state index in [1.54, 1.807) is 16.8 Å². The van der Waals surface area contributed by atoms with Crippen molar-refractivity contribution in [3.05, 3.63) is 40.3 Å². The summed E-state index contributed by atoms with van der Waals surface area (Å²) >= 11 is 5.71. The van der Waals surface area contributed by atoms with Gasteiger partial charge in [-0.25, -0.2) is 9.07 Å². The van der Waals surface area contributed by atoms with Gasteiger partial charge in [-0.3, -0.25) is 0 Å². The molecule has 1 aromatic carbocycles. The van der Waals surface area contributed by atoms with Crippen molar-refractivity contribution >= 4 is 17.4 Å². The molecule has 2 rings (SSSR count). The summed E-state index contributed by atoms with van der Waals surface area (Å²) in [7, 11) is 0. The van der Waals surface area contributed by atoms with Crippen LogP contribution in [-0.2, 0) is 13.0 Å². The molecule has 0 unspecified atom stereocenters. The van der Waals surface area contributed by atoms with Gasteiger partial charge in [0.1, 0.15) is 5.82 Å². The third kappa shape index (κ3) is 2.24. The molecule has 0 aliphatic heterocycles. The molecule has 6 heteroatoms. The standard InChI is InChI=1S/C11H12ClFN4/c1-2-9-11(14)15-16-17(9)6-7-4-3-5-8(12)10(7)13/h3-5H,2,6,14H2,1H3. The summed E-state index contributed by atoms with van der Waals surface area (Å²) < 4.78 is 15.3. The van der Waals surface area contributed by atoms with E-state index in [4.69, 9.17) is 17.3 Å². The van der Waals surface area contributed by atoms with Crippen LogP contribution in [0.3, 0.4) is 0 Å². The van der Waals surface area contributed by atoms with E-state index in [0.717, 1.165) is 5.69 Å². The first-order chi connectivity index (χ1) is 8.13. The first kappa shape index (κ1) is 11.9. The molecule has 0 amide bonds. The van der Waals surface area contributed by atoms with Crippen LogP contribution in [0.25, 0.3) is 0 Å². The van der Waals surface area contributed by atoms with Crippen LogP contribution in [0.1, 0.15) is 18.2 Å². The van der Waals surface area contributed by atoms with Gasteiger partial charge in [0.2, 0.25) is 0 Å². The molecule has 0 spiro atoms. The molecule has 90 valence electrons. The lowest BCUT2D eigenvalue weighted by Crippen LogP contribution is -2.08. The third-order valence-electron chi connectivity index (χ3n) is 2.55. The van der Waals surface area contributed by atoms with Gasteiger partial charge in [0.05, 0.1) is 17.3 Å². The zero-order chi connectivity index (χ0) is 12.4. The number of hydrogen-bond donors (Lipinski definition) is 1. The Kier molecular flexibility index (Phi) is 3.28. The Morgan fingerprint density at radius 1 is 1.47 bits per heavy atom. The lowest BCUT2D eigenvalue weighted by atomic mass is 10.2. The van der Waals surface area contributed by atoms with Gasteiger partial charge in [0.15, 0.2) is 5.82 Å². The Labute approximate surface area is 103 Å². The maximum atomic E-state index is 13.7. The molecular formula is C11H12ClFN4. The fourth-order valence-electron chi connectivity index (χ4n) is 1.67. The van der Waals surface area contributed by atoms with Crippen molar-refractivity contribution in [1.82, 2.24) is 15.0 Å². The maximum Gasteiger partial charge on any atom is 0.169 e. The van der Waals surface area contributed by atoms with E-state index in [0.29, 0.717) is 17.8 Å². The van der Waals surface area contributed by atoms with Crippen LogP contribution < -0.4 is 5.73 Å². The van der Waals surface area contributed by atoms with E-state index in [9.17, 15) is 4.39 Å². The monoisotopic (exact) mass is 254 g/mol. The van der Waals surface area contributed by atoms with E-state index in [1.807, 2.05) is 6.92 Å². The number of anilines is 1. The van der Waals surface area contributed by atoms with Crippen molar-refractivity contribution in [2.24, 2.45) is 0 Å². The second-order valence-corrected chi connectivity index (χ2v) is 4.05. The lowest BCUT2D eigenvalue weighted by Gasteiger charge is -2.07. The minimum absolute atomic E-state index is 0.105. The number of nitrogens with zero attached hydrogens (tertiary/aromatic N) is 3. The SMILES string of the molecule is CCc1c(N)nnn1Cc1cccc(Cl)c1F. The van der Waals surface area contributed by atoms with Crippen LogP contribution in [0.4, 0.5) is 10.2 Å².